The van der Waals surface area contributed by atoms with Crippen molar-refractivity contribution in [1.82, 2.24) is 9.88 Å². The number of aryl methyl sites for hydroxylation is 1. The molecule has 0 aromatic carbocycles. The smallest absolute Gasteiger partial charge is 0.0375 e. The highest BCUT2D eigenvalue weighted by atomic mass is 15.2. The Morgan fingerprint density at radius 3 is 3.06 bits per heavy atom. The van der Waals surface area contributed by atoms with Crippen molar-refractivity contribution in [2.24, 2.45) is 0 Å². The molecule has 0 amide bonds. The fraction of sp³-hybridized carbons (Fsp3) is 0.667. The lowest BCUT2D eigenvalue weighted by Gasteiger charge is -2.36. The summed E-state index contributed by atoms with van der Waals surface area (Å²) in [6, 6.07) is 5.09. The van der Waals surface area contributed by atoms with Crippen LogP contribution in [0, 0.1) is 6.92 Å². The van der Waals surface area contributed by atoms with Crippen LogP contribution in [0.15, 0.2) is 18.3 Å². The molecular formula is C15H24N2. The third kappa shape index (κ3) is 3.29. The summed E-state index contributed by atoms with van der Waals surface area (Å²) in [6.45, 7) is 6.88. The van der Waals surface area contributed by atoms with Crippen LogP contribution in [0.3, 0.4) is 0 Å². The summed E-state index contributed by atoms with van der Waals surface area (Å²) in [5.41, 5.74) is 2.61. The first-order valence-corrected chi connectivity index (χ1v) is 6.98. The SMILES string of the molecule is CCCCN1CCCC[C@H]1c1ccnc(C)c1. The van der Waals surface area contributed by atoms with Crippen LogP contribution in [0.1, 0.15) is 56.3 Å². The Balaban J connectivity index is 2.10. The van der Waals surface area contributed by atoms with Gasteiger partial charge in [0.25, 0.3) is 0 Å². The topological polar surface area (TPSA) is 16.1 Å². The molecule has 0 aliphatic carbocycles. The van der Waals surface area contributed by atoms with Crippen LogP contribution >= 0.6 is 0 Å². The van der Waals surface area contributed by atoms with Crippen LogP contribution in [-0.2, 0) is 0 Å². The first-order valence-electron chi connectivity index (χ1n) is 6.98. The fourth-order valence-electron chi connectivity index (χ4n) is 2.77. The molecule has 2 heterocycles. The number of hydrogen-bond donors (Lipinski definition) is 0. The maximum absolute atomic E-state index is 4.30. The Hall–Kier alpha value is -0.890. The molecule has 0 N–H and O–H groups in total. The van der Waals surface area contributed by atoms with Crippen molar-refractivity contribution in [3.8, 4) is 0 Å². The minimum Gasteiger partial charge on any atom is -0.296 e. The molecule has 1 atom stereocenters. The molecular weight excluding hydrogens is 208 g/mol. The van der Waals surface area contributed by atoms with Gasteiger partial charge in [-0.2, -0.15) is 0 Å². The predicted molar refractivity (Wildman–Crippen MR) is 72.0 cm³/mol. The number of likely N-dealkylation sites (tertiary alicyclic amines) is 1. The van der Waals surface area contributed by atoms with Gasteiger partial charge in [-0.15, -0.1) is 0 Å². The zero-order chi connectivity index (χ0) is 12.1. The van der Waals surface area contributed by atoms with Crippen LogP contribution < -0.4 is 0 Å². The molecule has 1 aliphatic rings. The van der Waals surface area contributed by atoms with Gasteiger partial charge in [-0.1, -0.05) is 19.8 Å². The summed E-state index contributed by atoms with van der Waals surface area (Å²) in [5, 5.41) is 0. The van der Waals surface area contributed by atoms with E-state index in [-0.39, 0.29) is 0 Å². The lowest BCUT2D eigenvalue weighted by molar-refractivity contribution is 0.146. The molecule has 1 aromatic heterocycles. The fourth-order valence-corrected chi connectivity index (χ4v) is 2.77. The lowest BCUT2D eigenvalue weighted by atomic mass is 9.95. The molecule has 1 saturated heterocycles. The number of unbranched alkanes of at least 4 members (excludes halogenated alkanes) is 1. The zero-order valence-corrected chi connectivity index (χ0v) is 11.2. The average Bonchev–Trinajstić information content (AvgIpc) is 2.37. The van der Waals surface area contributed by atoms with Crippen molar-refractivity contribution >= 4 is 0 Å². The summed E-state index contributed by atoms with van der Waals surface area (Å²) in [5.74, 6) is 0. The van der Waals surface area contributed by atoms with E-state index in [0.717, 1.165) is 5.69 Å². The maximum Gasteiger partial charge on any atom is 0.0375 e. The van der Waals surface area contributed by atoms with Gasteiger partial charge in [-0.3, -0.25) is 9.88 Å². The highest BCUT2D eigenvalue weighted by Crippen LogP contribution is 2.30. The lowest BCUT2D eigenvalue weighted by Crippen LogP contribution is -2.34. The molecule has 17 heavy (non-hydrogen) atoms. The van der Waals surface area contributed by atoms with E-state index in [1.54, 1.807) is 0 Å². The van der Waals surface area contributed by atoms with Gasteiger partial charge in [0.1, 0.15) is 0 Å². The Morgan fingerprint density at radius 1 is 1.41 bits per heavy atom. The second-order valence-corrected chi connectivity index (χ2v) is 5.13. The molecule has 1 aliphatic heterocycles. The molecule has 94 valence electrons. The van der Waals surface area contributed by atoms with Crippen LogP contribution in [0.4, 0.5) is 0 Å². The maximum atomic E-state index is 4.30. The largest absolute Gasteiger partial charge is 0.296 e. The van der Waals surface area contributed by atoms with Gasteiger partial charge >= 0.3 is 0 Å². The molecule has 0 saturated carbocycles. The summed E-state index contributed by atoms with van der Waals surface area (Å²) in [6.07, 6.45) is 8.61. The van der Waals surface area contributed by atoms with Gasteiger partial charge in [-0.25, -0.2) is 0 Å². The standard InChI is InChI=1S/C15H24N2/c1-3-4-10-17-11-6-5-7-15(17)14-8-9-16-13(2)12-14/h8-9,12,15H,3-7,10-11H2,1-2H3/t15-/m0/s1. The minimum absolute atomic E-state index is 0.636. The Kier molecular flexibility index (Phi) is 4.55. The first kappa shape index (κ1) is 12.6. The van der Waals surface area contributed by atoms with Gasteiger partial charge in [0.05, 0.1) is 0 Å². The summed E-state index contributed by atoms with van der Waals surface area (Å²) < 4.78 is 0. The molecule has 2 rings (SSSR count). The van der Waals surface area contributed by atoms with E-state index in [4.69, 9.17) is 0 Å². The average molecular weight is 232 g/mol. The number of rotatable bonds is 4. The van der Waals surface area contributed by atoms with Gasteiger partial charge in [0, 0.05) is 17.9 Å². The van der Waals surface area contributed by atoms with Crippen LogP contribution in [0.5, 0.6) is 0 Å². The zero-order valence-electron chi connectivity index (χ0n) is 11.2. The van der Waals surface area contributed by atoms with Gasteiger partial charge in [0.2, 0.25) is 0 Å². The molecule has 1 fully saturated rings. The van der Waals surface area contributed by atoms with E-state index < -0.39 is 0 Å². The third-order valence-electron chi connectivity index (χ3n) is 3.72. The van der Waals surface area contributed by atoms with Crippen LogP contribution in [0.25, 0.3) is 0 Å². The number of hydrogen-bond acceptors (Lipinski definition) is 2. The predicted octanol–water partition coefficient (Wildman–Crippen LogP) is 3.72. The van der Waals surface area contributed by atoms with Crippen molar-refractivity contribution in [3.63, 3.8) is 0 Å². The van der Waals surface area contributed by atoms with Crippen molar-refractivity contribution in [1.29, 1.82) is 0 Å². The molecule has 0 radical (unpaired) electrons. The monoisotopic (exact) mass is 232 g/mol. The third-order valence-corrected chi connectivity index (χ3v) is 3.72. The van der Waals surface area contributed by atoms with Crippen molar-refractivity contribution in [2.75, 3.05) is 13.1 Å². The van der Waals surface area contributed by atoms with E-state index in [2.05, 4.69) is 35.9 Å². The van der Waals surface area contributed by atoms with Crippen molar-refractivity contribution in [3.05, 3.63) is 29.6 Å². The van der Waals surface area contributed by atoms with E-state index >= 15 is 0 Å². The summed E-state index contributed by atoms with van der Waals surface area (Å²) >= 11 is 0. The van der Waals surface area contributed by atoms with Crippen LogP contribution in [-0.4, -0.2) is 23.0 Å². The first-order chi connectivity index (χ1) is 8.31. The second-order valence-electron chi connectivity index (χ2n) is 5.13. The Bertz CT molecular complexity index is 349. The van der Waals surface area contributed by atoms with Crippen LogP contribution in [0.2, 0.25) is 0 Å². The summed E-state index contributed by atoms with van der Waals surface area (Å²) in [7, 11) is 0. The Labute approximate surface area is 105 Å². The van der Waals surface area contributed by atoms with E-state index in [9.17, 15) is 0 Å². The van der Waals surface area contributed by atoms with Gasteiger partial charge in [-0.05, 0) is 57.0 Å². The highest BCUT2D eigenvalue weighted by molar-refractivity contribution is 5.20. The van der Waals surface area contributed by atoms with E-state index in [0.29, 0.717) is 6.04 Å². The number of piperidine rings is 1. The minimum atomic E-state index is 0.636. The number of aromatic nitrogens is 1. The van der Waals surface area contributed by atoms with E-state index in [1.165, 1.54) is 50.8 Å². The van der Waals surface area contributed by atoms with Gasteiger partial charge < -0.3 is 0 Å². The normalized spacial score (nSPS) is 21.6. The number of nitrogens with zero attached hydrogens (tertiary/aromatic N) is 2. The Morgan fingerprint density at radius 2 is 2.29 bits per heavy atom. The molecule has 0 bridgehead atoms. The summed E-state index contributed by atoms with van der Waals surface area (Å²) in [4.78, 5) is 6.97. The highest BCUT2D eigenvalue weighted by Gasteiger charge is 2.23. The second kappa shape index (κ2) is 6.15. The molecule has 2 nitrogen and oxygen atoms in total. The van der Waals surface area contributed by atoms with E-state index in [1.807, 2.05) is 6.20 Å². The van der Waals surface area contributed by atoms with Crippen molar-refractivity contribution < 1.29 is 0 Å². The quantitative estimate of drug-likeness (QED) is 0.786. The van der Waals surface area contributed by atoms with Gasteiger partial charge in [0.15, 0.2) is 0 Å². The number of pyridine rings is 1. The van der Waals surface area contributed by atoms with Crippen molar-refractivity contribution in [2.45, 2.75) is 52.0 Å². The molecule has 1 aromatic rings. The molecule has 0 unspecified atom stereocenters. The molecule has 0 spiro atoms. The molecule has 2 heteroatoms.